The number of halogens is 2. The van der Waals surface area contributed by atoms with Crippen LogP contribution in [0.25, 0.3) is 10.9 Å². The van der Waals surface area contributed by atoms with Gasteiger partial charge in [0.15, 0.2) is 0 Å². The van der Waals surface area contributed by atoms with Crippen LogP contribution in [0.15, 0.2) is 53.1 Å². The Hall–Kier alpha value is -2.67. The molecule has 2 amide bonds. The van der Waals surface area contributed by atoms with Gasteiger partial charge in [0.25, 0.3) is 11.8 Å². The number of para-hydroxylation sites is 1. The summed E-state index contributed by atoms with van der Waals surface area (Å²) in [4.78, 5) is 24.4. The number of nitrogens with one attached hydrogen (secondary N) is 2. The average Bonchev–Trinajstić information content (AvgIpc) is 2.90. The van der Waals surface area contributed by atoms with Crippen LogP contribution in [-0.4, -0.2) is 16.4 Å². The summed E-state index contributed by atoms with van der Waals surface area (Å²) in [7, 11) is 1.84. The monoisotopic (exact) mass is 389 g/mol. The summed E-state index contributed by atoms with van der Waals surface area (Å²) in [5.41, 5.74) is 6.29. The third-order valence-corrected chi connectivity index (χ3v) is 4.26. The molecule has 0 unspecified atom stereocenters. The molecule has 5 nitrogen and oxygen atoms in total. The quantitative estimate of drug-likeness (QED) is 0.661. The Kier molecular flexibility index (Phi) is 4.35. The first-order valence-corrected chi connectivity index (χ1v) is 7.86. The Labute approximate surface area is 145 Å². The molecule has 0 aliphatic carbocycles. The first-order valence-electron chi connectivity index (χ1n) is 7.07. The highest BCUT2D eigenvalue weighted by Gasteiger charge is 2.16. The van der Waals surface area contributed by atoms with Crippen molar-refractivity contribution in [2.75, 3.05) is 0 Å². The maximum atomic E-state index is 13.1. The van der Waals surface area contributed by atoms with Gasteiger partial charge in [-0.1, -0.05) is 18.2 Å². The number of hydrazine groups is 1. The van der Waals surface area contributed by atoms with Gasteiger partial charge in [-0.15, -0.1) is 0 Å². The SMILES string of the molecule is Cn1cc(C(=O)NNC(=O)c2ccc(F)cc2Br)c2ccccc21. The third-order valence-electron chi connectivity index (χ3n) is 3.61. The van der Waals surface area contributed by atoms with Crippen LogP contribution in [0, 0.1) is 5.82 Å². The highest BCUT2D eigenvalue weighted by molar-refractivity contribution is 9.10. The van der Waals surface area contributed by atoms with Crippen LogP contribution in [0.3, 0.4) is 0 Å². The van der Waals surface area contributed by atoms with Crippen molar-refractivity contribution in [3.8, 4) is 0 Å². The smallest absolute Gasteiger partial charge is 0.271 e. The van der Waals surface area contributed by atoms with Gasteiger partial charge in [0.1, 0.15) is 5.82 Å². The van der Waals surface area contributed by atoms with E-state index in [1.165, 1.54) is 18.2 Å². The molecule has 3 aromatic rings. The van der Waals surface area contributed by atoms with Gasteiger partial charge in [-0.25, -0.2) is 4.39 Å². The van der Waals surface area contributed by atoms with Gasteiger partial charge in [-0.05, 0) is 40.2 Å². The lowest BCUT2D eigenvalue weighted by Gasteiger charge is -2.08. The third kappa shape index (κ3) is 3.03. The lowest BCUT2D eigenvalue weighted by atomic mass is 10.2. The number of amides is 2. The van der Waals surface area contributed by atoms with E-state index in [2.05, 4.69) is 26.8 Å². The van der Waals surface area contributed by atoms with Crippen LogP contribution in [0.1, 0.15) is 20.7 Å². The minimum Gasteiger partial charge on any atom is -0.350 e. The largest absolute Gasteiger partial charge is 0.350 e. The number of fused-ring (bicyclic) bond motifs is 1. The second-order valence-electron chi connectivity index (χ2n) is 5.20. The lowest BCUT2D eigenvalue weighted by molar-refractivity contribution is 0.0847. The molecule has 122 valence electrons. The lowest BCUT2D eigenvalue weighted by Crippen LogP contribution is -2.41. The number of carbonyl (C=O) groups is 2. The molecule has 0 fully saturated rings. The maximum absolute atomic E-state index is 13.1. The number of nitrogens with zero attached hydrogens (tertiary/aromatic N) is 1. The minimum absolute atomic E-state index is 0.217. The number of carbonyl (C=O) groups excluding carboxylic acids is 2. The normalized spacial score (nSPS) is 10.6. The van der Waals surface area contributed by atoms with E-state index in [-0.39, 0.29) is 5.56 Å². The fourth-order valence-electron chi connectivity index (χ4n) is 2.44. The molecule has 0 saturated carbocycles. The molecule has 0 radical (unpaired) electrons. The van der Waals surface area contributed by atoms with E-state index in [0.717, 1.165) is 10.9 Å². The van der Waals surface area contributed by atoms with Crippen molar-refractivity contribution < 1.29 is 14.0 Å². The van der Waals surface area contributed by atoms with Crippen LogP contribution in [0.2, 0.25) is 0 Å². The Morgan fingerprint density at radius 3 is 2.42 bits per heavy atom. The highest BCUT2D eigenvalue weighted by Crippen LogP contribution is 2.20. The summed E-state index contributed by atoms with van der Waals surface area (Å²) in [6, 6.07) is 11.2. The average molecular weight is 390 g/mol. The molecule has 2 aromatic carbocycles. The molecule has 0 bridgehead atoms. The number of aromatic nitrogens is 1. The first-order chi connectivity index (χ1) is 11.5. The molecule has 1 heterocycles. The zero-order chi connectivity index (χ0) is 17.3. The van der Waals surface area contributed by atoms with E-state index in [1.54, 1.807) is 6.20 Å². The van der Waals surface area contributed by atoms with Crippen molar-refractivity contribution in [3.63, 3.8) is 0 Å². The zero-order valence-electron chi connectivity index (χ0n) is 12.6. The van der Waals surface area contributed by atoms with E-state index in [4.69, 9.17) is 0 Å². The van der Waals surface area contributed by atoms with Gasteiger partial charge in [0.2, 0.25) is 0 Å². The van der Waals surface area contributed by atoms with Crippen LogP contribution in [0.4, 0.5) is 4.39 Å². The highest BCUT2D eigenvalue weighted by atomic mass is 79.9. The van der Waals surface area contributed by atoms with Gasteiger partial charge in [0, 0.05) is 28.6 Å². The van der Waals surface area contributed by atoms with Crippen molar-refractivity contribution in [2.45, 2.75) is 0 Å². The molecule has 0 saturated heterocycles. The van der Waals surface area contributed by atoms with Crippen molar-refractivity contribution >= 4 is 38.6 Å². The molecule has 1 aromatic heterocycles. The summed E-state index contributed by atoms with van der Waals surface area (Å²) in [5, 5.41) is 0.787. The van der Waals surface area contributed by atoms with Crippen molar-refractivity contribution in [1.29, 1.82) is 0 Å². The summed E-state index contributed by atoms with van der Waals surface area (Å²) < 4.78 is 15.2. The fourth-order valence-corrected chi connectivity index (χ4v) is 2.98. The fraction of sp³-hybridized carbons (Fsp3) is 0.0588. The molecule has 24 heavy (non-hydrogen) atoms. The Morgan fingerprint density at radius 1 is 1.04 bits per heavy atom. The molecule has 7 heteroatoms. The molecule has 2 N–H and O–H groups in total. The number of rotatable bonds is 2. The molecular weight excluding hydrogens is 377 g/mol. The summed E-state index contributed by atoms with van der Waals surface area (Å²) in [5.74, 6) is -1.44. The van der Waals surface area contributed by atoms with Gasteiger partial charge in [-0.3, -0.25) is 20.4 Å². The van der Waals surface area contributed by atoms with E-state index in [0.29, 0.717) is 10.0 Å². The summed E-state index contributed by atoms with van der Waals surface area (Å²) in [6.45, 7) is 0. The number of hydrogen-bond acceptors (Lipinski definition) is 2. The van der Waals surface area contributed by atoms with Gasteiger partial charge >= 0.3 is 0 Å². The minimum atomic E-state index is -0.546. The Morgan fingerprint density at radius 2 is 1.71 bits per heavy atom. The molecular formula is C17H13BrFN3O2. The second-order valence-corrected chi connectivity index (χ2v) is 6.06. The van der Waals surface area contributed by atoms with Crippen molar-refractivity contribution in [3.05, 3.63) is 70.1 Å². The predicted octanol–water partition coefficient (Wildman–Crippen LogP) is 3.15. The van der Waals surface area contributed by atoms with E-state index in [1.807, 2.05) is 35.9 Å². The molecule has 0 atom stereocenters. The standard InChI is InChI=1S/C17H13BrFN3O2/c1-22-9-13(11-4-2-3-5-15(11)22)17(24)21-20-16(23)12-7-6-10(19)8-14(12)18/h2-9H,1H3,(H,20,23)(H,21,24). The Balaban J connectivity index is 1.76. The van der Waals surface area contributed by atoms with Crippen molar-refractivity contribution in [2.24, 2.45) is 7.05 Å². The van der Waals surface area contributed by atoms with Crippen molar-refractivity contribution in [1.82, 2.24) is 15.4 Å². The maximum Gasteiger partial charge on any atom is 0.271 e. The van der Waals surface area contributed by atoms with Crippen LogP contribution in [0.5, 0.6) is 0 Å². The van der Waals surface area contributed by atoms with Crippen LogP contribution < -0.4 is 10.9 Å². The summed E-state index contributed by atoms with van der Waals surface area (Å²) >= 11 is 3.12. The topological polar surface area (TPSA) is 63.1 Å². The number of aryl methyl sites for hydroxylation is 1. The van der Waals surface area contributed by atoms with Gasteiger partial charge in [-0.2, -0.15) is 0 Å². The molecule has 0 aliphatic rings. The van der Waals surface area contributed by atoms with Gasteiger partial charge in [0.05, 0.1) is 11.1 Å². The molecule has 0 spiro atoms. The van der Waals surface area contributed by atoms with Gasteiger partial charge < -0.3 is 4.57 Å². The number of hydrogen-bond donors (Lipinski definition) is 2. The first kappa shape index (κ1) is 16.2. The zero-order valence-corrected chi connectivity index (χ0v) is 14.2. The molecule has 0 aliphatic heterocycles. The second kappa shape index (κ2) is 6.45. The van der Waals surface area contributed by atoms with E-state index < -0.39 is 17.6 Å². The summed E-state index contributed by atoms with van der Waals surface area (Å²) in [6.07, 6.45) is 1.69. The predicted molar refractivity (Wildman–Crippen MR) is 92.0 cm³/mol. The Bertz CT molecular complexity index is 952. The number of benzene rings is 2. The van der Waals surface area contributed by atoms with E-state index >= 15 is 0 Å². The van der Waals surface area contributed by atoms with Crippen LogP contribution >= 0.6 is 15.9 Å². The van der Waals surface area contributed by atoms with E-state index in [9.17, 15) is 14.0 Å². The van der Waals surface area contributed by atoms with Crippen LogP contribution in [-0.2, 0) is 7.05 Å². The molecule has 3 rings (SSSR count).